The molecule has 12 heavy (non-hydrogen) atoms. The quantitative estimate of drug-likeness (QED) is 0.625. The highest BCUT2D eigenvalue weighted by Crippen LogP contribution is 2.27. The molecule has 0 amide bonds. The average molecular weight is 169 g/mol. The van der Waals surface area contributed by atoms with Crippen LogP contribution in [0.15, 0.2) is 0 Å². The first-order chi connectivity index (χ1) is 5.83. The fraction of sp³-hybridized carbons (Fsp3) is 1.00. The van der Waals surface area contributed by atoms with Crippen molar-refractivity contribution in [2.24, 2.45) is 0 Å². The summed E-state index contributed by atoms with van der Waals surface area (Å²) in [5, 5.41) is 0. The van der Waals surface area contributed by atoms with E-state index in [0.29, 0.717) is 0 Å². The molecule has 2 unspecified atom stereocenters. The molecule has 0 radical (unpaired) electrons. The van der Waals surface area contributed by atoms with Crippen LogP contribution in [0.2, 0.25) is 0 Å². The van der Waals surface area contributed by atoms with Gasteiger partial charge in [0.25, 0.3) is 0 Å². The largest absolute Gasteiger partial charge is 0.297 e. The number of nitrogens with zero attached hydrogens (tertiary/aromatic N) is 1. The van der Waals surface area contributed by atoms with Gasteiger partial charge in [0.05, 0.1) is 0 Å². The van der Waals surface area contributed by atoms with Crippen LogP contribution in [-0.4, -0.2) is 23.5 Å². The molecule has 0 aliphatic carbocycles. The van der Waals surface area contributed by atoms with E-state index in [4.69, 9.17) is 0 Å². The van der Waals surface area contributed by atoms with E-state index >= 15 is 0 Å². The van der Waals surface area contributed by atoms with Crippen molar-refractivity contribution < 1.29 is 0 Å². The molecule has 1 heteroatoms. The first-order valence-corrected chi connectivity index (χ1v) is 5.59. The Morgan fingerprint density at radius 3 is 1.83 bits per heavy atom. The Hall–Kier alpha value is -0.0400. The van der Waals surface area contributed by atoms with Crippen LogP contribution in [0.25, 0.3) is 0 Å². The molecule has 0 spiro atoms. The van der Waals surface area contributed by atoms with Crippen molar-refractivity contribution in [2.75, 3.05) is 6.54 Å². The monoisotopic (exact) mass is 169 g/mol. The molecule has 1 saturated heterocycles. The van der Waals surface area contributed by atoms with Gasteiger partial charge < -0.3 is 0 Å². The molecule has 0 aromatic heterocycles. The smallest absolute Gasteiger partial charge is 0.00961 e. The van der Waals surface area contributed by atoms with Gasteiger partial charge in [-0.15, -0.1) is 0 Å². The first-order valence-electron chi connectivity index (χ1n) is 5.59. The lowest BCUT2D eigenvalue weighted by Gasteiger charge is -2.28. The summed E-state index contributed by atoms with van der Waals surface area (Å²) in [4.78, 5) is 2.74. The summed E-state index contributed by atoms with van der Waals surface area (Å²) >= 11 is 0. The average Bonchev–Trinajstić information content (AvgIpc) is 2.48. The van der Waals surface area contributed by atoms with Crippen LogP contribution < -0.4 is 0 Å². The van der Waals surface area contributed by atoms with E-state index in [1.165, 1.54) is 38.6 Å². The van der Waals surface area contributed by atoms with Gasteiger partial charge >= 0.3 is 0 Å². The second-order valence-electron chi connectivity index (χ2n) is 3.94. The second-order valence-corrected chi connectivity index (χ2v) is 3.94. The van der Waals surface area contributed by atoms with Crippen LogP contribution in [-0.2, 0) is 0 Å². The second kappa shape index (κ2) is 4.86. The third-order valence-corrected chi connectivity index (χ3v) is 3.20. The maximum atomic E-state index is 2.74. The number of hydrogen-bond acceptors (Lipinski definition) is 1. The van der Waals surface area contributed by atoms with Crippen LogP contribution in [0.4, 0.5) is 0 Å². The zero-order valence-corrected chi connectivity index (χ0v) is 8.84. The van der Waals surface area contributed by atoms with Gasteiger partial charge in [0.2, 0.25) is 0 Å². The van der Waals surface area contributed by atoms with Crippen LogP contribution in [0.5, 0.6) is 0 Å². The summed E-state index contributed by atoms with van der Waals surface area (Å²) in [6.07, 6.45) is 6.88. The van der Waals surface area contributed by atoms with Crippen molar-refractivity contribution in [3.8, 4) is 0 Å². The standard InChI is InChI=1S/C11H23N/c1-4-9-12-10(5-2)7-8-11(12)6-3/h10-11H,4-9H2,1-3H3. The van der Waals surface area contributed by atoms with E-state index in [1.54, 1.807) is 0 Å². The van der Waals surface area contributed by atoms with E-state index < -0.39 is 0 Å². The molecule has 0 N–H and O–H groups in total. The topological polar surface area (TPSA) is 3.24 Å². The van der Waals surface area contributed by atoms with Crippen molar-refractivity contribution in [1.29, 1.82) is 0 Å². The van der Waals surface area contributed by atoms with Gasteiger partial charge in [-0.25, -0.2) is 0 Å². The van der Waals surface area contributed by atoms with E-state index in [-0.39, 0.29) is 0 Å². The third kappa shape index (κ3) is 2.01. The minimum atomic E-state index is 0.898. The van der Waals surface area contributed by atoms with E-state index in [1.807, 2.05) is 0 Å². The highest BCUT2D eigenvalue weighted by molar-refractivity contribution is 4.85. The molecule has 1 fully saturated rings. The van der Waals surface area contributed by atoms with Gasteiger partial charge in [0.1, 0.15) is 0 Å². The molecule has 1 aliphatic rings. The first kappa shape index (κ1) is 10.0. The zero-order valence-electron chi connectivity index (χ0n) is 8.84. The molecule has 72 valence electrons. The minimum Gasteiger partial charge on any atom is -0.297 e. The molecule has 1 nitrogen and oxygen atoms in total. The molecular weight excluding hydrogens is 146 g/mol. The van der Waals surface area contributed by atoms with E-state index in [9.17, 15) is 0 Å². The number of likely N-dealkylation sites (tertiary alicyclic amines) is 1. The molecular formula is C11H23N. The van der Waals surface area contributed by atoms with Crippen LogP contribution in [0.3, 0.4) is 0 Å². The number of hydrogen-bond donors (Lipinski definition) is 0. The van der Waals surface area contributed by atoms with Crippen LogP contribution in [0, 0.1) is 0 Å². The summed E-state index contributed by atoms with van der Waals surface area (Å²) in [5.74, 6) is 0. The fourth-order valence-electron chi connectivity index (χ4n) is 2.52. The normalized spacial score (nSPS) is 31.2. The summed E-state index contributed by atoms with van der Waals surface area (Å²) < 4.78 is 0. The van der Waals surface area contributed by atoms with Crippen LogP contribution >= 0.6 is 0 Å². The van der Waals surface area contributed by atoms with Crippen molar-refractivity contribution in [3.63, 3.8) is 0 Å². The van der Waals surface area contributed by atoms with Gasteiger partial charge in [-0.05, 0) is 38.6 Å². The molecule has 2 atom stereocenters. The van der Waals surface area contributed by atoms with Gasteiger partial charge in [0.15, 0.2) is 0 Å². The van der Waals surface area contributed by atoms with Crippen molar-refractivity contribution in [3.05, 3.63) is 0 Å². The molecule has 0 saturated carbocycles. The Morgan fingerprint density at radius 1 is 1.00 bits per heavy atom. The molecule has 0 aromatic rings. The Bertz CT molecular complexity index is 110. The van der Waals surface area contributed by atoms with Gasteiger partial charge in [0, 0.05) is 12.1 Å². The van der Waals surface area contributed by atoms with E-state index in [2.05, 4.69) is 25.7 Å². The van der Waals surface area contributed by atoms with Crippen molar-refractivity contribution >= 4 is 0 Å². The predicted molar refractivity (Wildman–Crippen MR) is 54.4 cm³/mol. The molecule has 0 aromatic carbocycles. The Morgan fingerprint density at radius 2 is 1.50 bits per heavy atom. The Balaban J connectivity index is 2.46. The fourth-order valence-corrected chi connectivity index (χ4v) is 2.52. The lowest BCUT2D eigenvalue weighted by molar-refractivity contribution is 0.185. The molecule has 0 bridgehead atoms. The minimum absolute atomic E-state index is 0.898. The summed E-state index contributed by atoms with van der Waals surface area (Å²) in [6, 6.07) is 1.80. The summed E-state index contributed by atoms with van der Waals surface area (Å²) in [6.45, 7) is 8.26. The third-order valence-electron chi connectivity index (χ3n) is 3.20. The van der Waals surface area contributed by atoms with Gasteiger partial charge in [-0.2, -0.15) is 0 Å². The number of rotatable bonds is 4. The Kier molecular flexibility index (Phi) is 4.07. The summed E-state index contributed by atoms with van der Waals surface area (Å²) in [5.41, 5.74) is 0. The summed E-state index contributed by atoms with van der Waals surface area (Å²) in [7, 11) is 0. The van der Waals surface area contributed by atoms with Crippen molar-refractivity contribution in [1.82, 2.24) is 4.90 Å². The lowest BCUT2D eigenvalue weighted by atomic mass is 10.1. The lowest BCUT2D eigenvalue weighted by Crippen LogP contribution is -2.35. The predicted octanol–water partition coefficient (Wildman–Crippen LogP) is 3.05. The molecule has 1 aliphatic heterocycles. The highest BCUT2D eigenvalue weighted by Gasteiger charge is 2.29. The zero-order chi connectivity index (χ0) is 8.97. The molecule has 1 rings (SSSR count). The molecule has 1 heterocycles. The van der Waals surface area contributed by atoms with Crippen LogP contribution in [0.1, 0.15) is 52.9 Å². The Labute approximate surface area is 77.1 Å². The van der Waals surface area contributed by atoms with Gasteiger partial charge in [-0.1, -0.05) is 20.8 Å². The van der Waals surface area contributed by atoms with E-state index in [0.717, 1.165) is 12.1 Å². The van der Waals surface area contributed by atoms with Gasteiger partial charge in [-0.3, -0.25) is 4.90 Å². The highest BCUT2D eigenvalue weighted by atomic mass is 15.2. The SMILES string of the molecule is CCCN1C(CC)CCC1CC. The maximum Gasteiger partial charge on any atom is 0.00961 e. The maximum absolute atomic E-state index is 2.74. The van der Waals surface area contributed by atoms with Crippen molar-refractivity contribution in [2.45, 2.75) is 65.0 Å².